The normalized spacial score (nSPS) is 10.3. The van der Waals surface area contributed by atoms with Crippen molar-refractivity contribution in [3.05, 3.63) is 46.4 Å². The van der Waals surface area contributed by atoms with Gasteiger partial charge in [0.25, 0.3) is 5.56 Å². The highest BCUT2D eigenvalue weighted by atomic mass is 16.4. The molecule has 0 saturated heterocycles. The molecule has 0 atom stereocenters. The van der Waals surface area contributed by atoms with Gasteiger partial charge >= 0.3 is 5.97 Å². The first-order chi connectivity index (χ1) is 7.65. The van der Waals surface area contributed by atoms with Crippen LogP contribution in [0.3, 0.4) is 0 Å². The zero-order valence-electron chi connectivity index (χ0n) is 8.18. The number of carboxylic acid groups (broad SMARTS) is 1. The molecule has 82 valence electrons. The SMILES string of the molecule is NNc1cc(=O)n2ccccc2c1C(=O)O. The van der Waals surface area contributed by atoms with E-state index in [9.17, 15) is 9.59 Å². The summed E-state index contributed by atoms with van der Waals surface area (Å²) in [7, 11) is 0. The first-order valence-corrected chi connectivity index (χ1v) is 4.49. The number of nitrogens with two attached hydrogens (primary N) is 1. The van der Waals surface area contributed by atoms with E-state index in [1.165, 1.54) is 10.6 Å². The van der Waals surface area contributed by atoms with Crippen molar-refractivity contribution in [2.24, 2.45) is 5.84 Å². The number of hydrogen-bond donors (Lipinski definition) is 3. The van der Waals surface area contributed by atoms with E-state index in [2.05, 4.69) is 5.43 Å². The van der Waals surface area contributed by atoms with E-state index in [-0.39, 0.29) is 16.8 Å². The number of rotatable bonds is 2. The Hall–Kier alpha value is -2.34. The van der Waals surface area contributed by atoms with E-state index in [4.69, 9.17) is 10.9 Å². The highest BCUT2D eigenvalue weighted by Crippen LogP contribution is 2.17. The molecule has 0 radical (unpaired) electrons. The maximum Gasteiger partial charge on any atom is 0.340 e. The molecule has 0 aliphatic heterocycles. The molecule has 0 saturated carbocycles. The number of fused-ring (bicyclic) bond motifs is 1. The van der Waals surface area contributed by atoms with E-state index in [0.29, 0.717) is 5.52 Å². The fourth-order valence-electron chi connectivity index (χ4n) is 1.58. The lowest BCUT2D eigenvalue weighted by Gasteiger charge is -2.08. The smallest absolute Gasteiger partial charge is 0.340 e. The van der Waals surface area contributed by atoms with E-state index >= 15 is 0 Å². The van der Waals surface area contributed by atoms with E-state index < -0.39 is 5.97 Å². The second-order valence-electron chi connectivity index (χ2n) is 3.18. The van der Waals surface area contributed by atoms with Crippen molar-refractivity contribution in [1.82, 2.24) is 4.40 Å². The predicted molar refractivity (Wildman–Crippen MR) is 58.4 cm³/mol. The van der Waals surface area contributed by atoms with Crippen LogP contribution in [0, 0.1) is 0 Å². The average molecular weight is 219 g/mol. The number of hydrazine groups is 1. The van der Waals surface area contributed by atoms with Gasteiger partial charge < -0.3 is 10.5 Å². The van der Waals surface area contributed by atoms with Crippen LogP contribution in [0.2, 0.25) is 0 Å². The first kappa shape index (κ1) is 10.2. The Morgan fingerprint density at radius 1 is 1.44 bits per heavy atom. The van der Waals surface area contributed by atoms with Crippen LogP contribution in [0.15, 0.2) is 35.3 Å². The van der Waals surface area contributed by atoms with Gasteiger partial charge in [-0.15, -0.1) is 0 Å². The molecule has 2 aromatic rings. The summed E-state index contributed by atoms with van der Waals surface area (Å²) in [5.41, 5.74) is 2.25. The van der Waals surface area contributed by atoms with Crippen molar-refractivity contribution in [3.63, 3.8) is 0 Å². The van der Waals surface area contributed by atoms with Gasteiger partial charge in [-0.2, -0.15) is 0 Å². The van der Waals surface area contributed by atoms with Gasteiger partial charge in [0.05, 0.1) is 11.2 Å². The fraction of sp³-hybridized carbons (Fsp3) is 0. The van der Waals surface area contributed by atoms with E-state index in [1.54, 1.807) is 18.2 Å². The molecule has 0 spiro atoms. The highest BCUT2D eigenvalue weighted by Gasteiger charge is 2.15. The van der Waals surface area contributed by atoms with Crippen LogP contribution in [0.25, 0.3) is 5.52 Å². The molecule has 0 aromatic carbocycles. The topological polar surface area (TPSA) is 96.8 Å². The third-order valence-electron chi connectivity index (χ3n) is 2.26. The van der Waals surface area contributed by atoms with Gasteiger partial charge in [-0.1, -0.05) is 6.07 Å². The van der Waals surface area contributed by atoms with Crippen LogP contribution >= 0.6 is 0 Å². The molecule has 0 aliphatic rings. The number of anilines is 1. The van der Waals surface area contributed by atoms with Crippen LogP contribution in [0.1, 0.15) is 10.4 Å². The minimum absolute atomic E-state index is 0.0253. The molecule has 6 nitrogen and oxygen atoms in total. The second kappa shape index (κ2) is 3.67. The van der Waals surface area contributed by atoms with Gasteiger partial charge in [0.2, 0.25) is 0 Å². The molecule has 2 heterocycles. The lowest BCUT2D eigenvalue weighted by molar-refractivity contribution is 0.0699. The minimum Gasteiger partial charge on any atom is -0.478 e. The number of aromatic carboxylic acids is 1. The van der Waals surface area contributed by atoms with Gasteiger partial charge in [0.1, 0.15) is 5.56 Å². The quantitative estimate of drug-likeness (QED) is 0.498. The van der Waals surface area contributed by atoms with Crippen LogP contribution in [-0.4, -0.2) is 15.5 Å². The summed E-state index contributed by atoms with van der Waals surface area (Å²) in [6, 6.07) is 6.00. The zero-order valence-corrected chi connectivity index (χ0v) is 8.18. The number of nitrogen functional groups attached to an aromatic ring is 1. The fourth-order valence-corrected chi connectivity index (χ4v) is 1.58. The Morgan fingerprint density at radius 2 is 2.19 bits per heavy atom. The maximum atomic E-state index is 11.6. The molecular formula is C10H9N3O3. The molecule has 4 N–H and O–H groups in total. The third-order valence-corrected chi connectivity index (χ3v) is 2.26. The van der Waals surface area contributed by atoms with Crippen molar-refractivity contribution in [2.45, 2.75) is 0 Å². The summed E-state index contributed by atoms with van der Waals surface area (Å²) in [6.45, 7) is 0. The molecule has 0 fully saturated rings. The molecule has 16 heavy (non-hydrogen) atoms. The number of carbonyl (C=O) groups is 1. The maximum absolute atomic E-state index is 11.6. The summed E-state index contributed by atoms with van der Waals surface area (Å²) >= 11 is 0. The summed E-state index contributed by atoms with van der Waals surface area (Å²) in [4.78, 5) is 22.7. The van der Waals surface area contributed by atoms with Crippen molar-refractivity contribution >= 4 is 17.2 Å². The van der Waals surface area contributed by atoms with Crippen molar-refractivity contribution in [1.29, 1.82) is 0 Å². The van der Waals surface area contributed by atoms with Crippen LogP contribution in [0.4, 0.5) is 5.69 Å². The van der Waals surface area contributed by atoms with Gasteiger partial charge in [-0.25, -0.2) is 4.79 Å². The van der Waals surface area contributed by atoms with Crippen molar-refractivity contribution in [3.8, 4) is 0 Å². The Balaban J connectivity index is 2.98. The first-order valence-electron chi connectivity index (χ1n) is 4.49. The summed E-state index contributed by atoms with van der Waals surface area (Å²) in [5, 5.41) is 9.07. The Morgan fingerprint density at radius 3 is 2.81 bits per heavy atom. The highest BCUT2D eigenvalue weighted by molar-refractivity contribution is 6.01. The lowest BCUT2D eigenvalue weighted by atomic mass is 10.1. The monoisotopic (exact) mass is 219 g/mol. The van der Waals surface area contributed by atoms with Crippen LogP contribution in [0.5, 0.6) is 0 Å². The van der Waals surface area contributed by atoms with Crippen molar-refractivity contribution < 1.29 is 9.90 Å². The summed E-state index contributed by atoms with van der Waals surface area (Å²) < 4.78 is 1.25. The molecule has 0 bridgehead atoms. The molecule has 2 rings (SSSR count). The standard InChI is InChI=1S/C10H9N3O3/c11-12-6-5-8(14)13-4-2-1-3-7(13)9(6)10(15)16/h1-5,12H,11H2,(H,15,16). The molecule has 0 unspecified atom stereocenters. The minimum atomic E-state index is -1.14. The van der Waals surface area contributed by atoms with E-state index in [1.807, 2.05) is 0 Å². The predicted octanol–water partition coefficient (Wildman–Crippen LogP) is 0.283. The number of nitrogens with zero attached hydrogens (tertiary/aromatic N) is 1. The zero-order chi connectivity index (χ0) is 11.7. The Bertz CT molecular complexity index is 618. The van der Waals surface area contributed by atoms with Crippen LogP contribution < -0.4 is 16.8 Å². The molecular weight excluding hydrogens is 210 g/mol. The molecule has 0 amide bonds. The Kier molecular flexibility index (Phi) is 2.34. The number of nitrogens with one attached hydrogen (secondary N) is 1. The number of pyridine rings is 2. The molecule has 6 heteroatoms. The number of hydrogen-bond acceptors (Lipinski definition) is 4. The van der Waals surface area contributed by atoms with Gasteiger partial charge in [-0.3, -0.25) is 15.0 Å². The van der Waals surface area contributed by atoms with Gasteiger partial charge in [-0.05, 0) is 12.1 Å². The largest absolute Gasteiger partial charge is 0.478 e. The molecule has 2 aromatic heterocycles. The third kappa shape index (κ3) is 1.41. The average Bonchev–Trinajstić information content (AvgIpc) is 2.28. The van der Waals surface area contributed by atoms with E-state index in [0.717, 1.165) is 6.07 Å². The molecule has 0 aliphatic carbocycles. The van der Waals surface area contributed by atoms with Gasteiger partial charge in [0.15, 0.2) is 0 Å². The Labute approximate surface area is 89.9 Å². The van der Waals surface area contributed by atoms with Crippen LogP contribution in [-0.2, 0) is 0 Å². The number of aromatic nitrogens is 1. The number of carboxylic acids is 1. The summed E-state index contributed by atoms with van der Waals surface area (Å²) in [5.74, 6) is 4.04. The van der Waals surface area contributed by atoms with Crippen molar-refractivity contribution in [2.75, 3.05) is 5.43 Å². The van der Waals surface area contributed by atoms with Gasteiger partial charge in [0, 0.05) is 12.3 Å². The summed E-state index contributed by atoms with van der Waals surface area (Å²) in [6.07, 6.45) is 1.50. The second-order valence-corrected chi connectivity index (χ2v) is 3.18. The lowest BCUT2D eigenvalue weighted by Crippen LogP contribution is -2.20.